The number of nitrogen functional groups attached to an aromatic ring is 1. The second kappa shape index (κ2) is 5.13. The van der Waals surface area contributed by atoms with E-state index in [4.69, 9.17) is 10.3 Å². The van der Waals surface area contributed by atoms with Crippen molar-refractivity contribution in [2.45, 2.75) is 39.2 Å². The molecule has 1 aliphatic rings. The molecule has 0 saturated heterocycles. The fraction of sp³-hybridized carbons (Fsp3) is 0.429. The van der Waals surface area contributed by atoms with Gasteiger partial charge >= 0.3 is 5.91 Å². The van der Waals surface area contributed by atoms with Crippen LogP contribution in [-0.2, 0) is 19.4 Å². The average Bonchev–Trinajstić information content (AvgIpc) is 3.04. The van der Waals surface area contributed by atoms with E-state index in [1.807, 2.05) is 13.3 Å². The molecule has 0 aromatic carbocycles. The highest BCUT2D eigenvalue weighted by Gasteiger charge is 2.18. The average molecular weight is 274 g/mol. The molecule has 20 heavy (non-hydrogen) atoms. The van der Waals surface area contributed by atoms with Crippen LogP contribution in [0.1, 0.15) is 46.1 Å². The lowest BCUT2D eigenvalue weighted by Gasteiger charge is -2.13. The number of amides is 1. The Morgan fingerprint density at radius 1 is 1.50 bits per heavy atom. The third-order valence-electron chi connectivity index (χ3n) is 3.83. The van der Waals surface area contributed by atoms with Gasteiger partial charge in [-0.2, -0.15) is 0 Å². The number of fused-ring (bicyclic) bond motifs is 1. The first kappa shape index (κ1) is 12.9. The summed E-state index contributed by atoms with van der Waals surface area (Å²) < 4.78 is 7.58. The van der Waals surface area contributed by atoms with Crippen LogP contribution < -0.4 is 11.3 Å². The number of hydrogen-bond acceptors (Lipinski definition) is 4. The SMILES string of the molecule is Cc1oc(C(=O)NN)cc1Cn1cnc2c1CCCC2. The van der Waals surface area contributed by atoms with Crippen LogP contribution >= 0.6 is 0 Å². The van der Waals surface area contributed by atoms with E-state index in [1.165, 1.54) is 24.2 Å². The third-order valence-corrected chi connectivity index (χ3v) is 3.83. The number of carbonyl (C=O) groups excluding carboxylic acids is 1. The molecule has 0 atom stereocenters. The molecule has 2 aromatic heterocycles. The van der Waals surface area contributed by atoms with Crippen molar-refractivity contribution in [3.63, 3.8) is 0 Å². The van der Waals surface area contributed by atoms with E-state index in [0.717, 1.165) is 24.2 Å². The minimum absolute atomic E-state index is 0.244. The number of aryl methyl sites for hydroxylation is 2. The zero-order chi connectivity index (χ0) is 14.1. The molecule has 0 spiro atoms. The Hall–Kier alpha value is -2.08. The number of furan rings is 1. The molecule has 3 N–H and O–H groups in total. The summed E-state index contributed by atoms with van der Waals surface area (Å²) in [5.74, 6) is 5.69. The number of imidazole rings is 1. The minimum atomic E-state index is -0.410. The van der Waals surface area contributed by atoms with Gasteiger partial charge in [-0.25, -0.2) is 10.8 Å². The van der Waals surface area contributed by atoms with Gasteiger partial charge < -0.3 is 8.98 Å². The van der Waals surface area contributed by atoms with Crippen molar-refractivity contribution in [1.82, 2.24) is 15.0 Å². The molecule has 0 radical (unpaired) electrons. The number of carbonyl (C=O) groups is 1. The van der Waals surface area contributed by atoms with Crippen LogP contribution in [0.15, 0.2) is 16.8 Å². The van der Waals surface area contributed by atoms with Crippen LogP contribution in [0.5, 0.6) is 0 Å². The first-order valence-corrected chi connectivity index (χ1v) is 6.82. The zero-order valence-electron chi connectivity index (χ0n) is 11.5. The molecule has 0 unspecified atom stereocenters. The summed E-state index contributed by atoms with van der Waals surface area (Å²) in [7, 11) is 0. The summed E-state index contributed by atoms with van der Waals surface area (Å²) in [4.78, 5) is 15.9. The van der Waals surface area contributed by atoms with Crippen molar-refractivity contribution in [2.24, 2.45) is 5.84 Å². The zero-order valence-corrected chi connectivity index (χ0v) is 11.5. The molecule has 1 amide bonds. The van der Waals surface area contributed by atoms with Crippen LogP contribution in [0.25, 0.3) is 0 Å². The van der Waals surface area contributed by atoms with Gasteiger partial charge in [-0.15, -0.1) is 0 Å². The number of nitrogens with zero attached hydrogens (tertiary/aromatic N) is 2. The van der Waals surface area contributed by atoms with Crippen LogP contribution in [0, 0.1) is 6.92 Å². The maximum absolute atomic E-state index is 11.5. The van der Waals surface area contributed by atoms with Crippen molar-refractivity contribution in [1.29, 1.82) is 0 Å². The summed E-state index contributed by atoms with van der Waals surface area (Å²) in [6.07, 6.45) is 6.44. The van der Waals surface area contributed by atoms with Crippen LogP contribution in [-0.4, -0.2) is 15.5 Å². The Morgan fingerprint density at radius 2 is 2.30 bits per heavy atom. The van der Waals surface area contributed by atoms with Crippen molar-refractivity contribution < 1.29 is 9.21 Å². The summed E-state index contributed by atoms with van der Waals surface area (Å²) in [5, 5.41) is 0. The monoisotopic (exact) mass is 274 g/mol. The lowest BCUT2D eigenvalue weighted by atomic mass is 10.0. The molecule has 2 aromatic rings. The lowest BCUT2D eigenvalue weighted by Crippen LogP contribution is -2.29. The van der Waals surface area contributed by atoms with E-state index in [-0.39, 0.29) is 5.76 Å². The number of hydrogen-bond donors (Lipinski definition) is 2. The van der Waals surface area contributed by atoms with E-state index in [0.29, 0.717) is 6.54 Å². The third kappa shape index (κ3) is 2.22. The van der Waals surface area contributed by atoms with E-state index < -0.39 is 5.91 Å². The Labute approximate surface area is 116 Å². The number of nitrogens with one attached hydrogen (secondary N) is 1. The highest BCUT2D eigenvalue weighted by molar-refractivity contribution is 5.91. The predicted molar refractivity (Wildman–Crippen MR) is 73.1 cm³/mol. The van der Waals surface area contributed by atoms with E-state index >= 15 is 0 Å². The first-order valence-electron chi connectivity index (χ1n) is 6.82. The summed E-state index contributed by atoms with van der Waals surface area (Å²) >= 11 is 0. The maximum Gasteiger partial charge on any atom is 0.300 e. The Bertz CT molecular complexity index is 642. The number of hydrazine groups is 1. The molecule has 6 nitrogen and oxygen atoms in total. The molecular weight excluding hydrogens is 256 g/mol. The molecular formula is C14H18N4O2. The molecule has 0 saturated carbocycles. The number of aromatic nitrogens is 2. The van der Waals surface area contributed by atoms with E-state index in [2.05, 4.69) is 15.0 Å². The Balaban J connectivity index is 1.86. The normalized spacial score (nSPS) is 14.1. The largest absolute Gasteiger partial charge is 0.456 e. The number of rotatable bonds is 3. The number of nitrogens with two attached hydrogens (primary N) is 1. The van der Waals surface area contributed by atoms with Crippen LogP contribution in [0.4, 0.5) is 0 Å². The van der Waals surface area contributed by atoms with Gasteiger partial charge in [0, 0.05) is 11.3 Å². The lowest BCUT2D eigenvalue weighted by molar-refractivity contribution is 0.0924. The van der Waals surface area contributed by atoms with Gasteiger partial charge in [-0.3, -0.25) is 10.2 Å². The van der Waals surface area contributed by atoms with Gasteiger partial charge in [0.25, 0.3) is 0 Å². The van der Waals surface area contributed by atoms with Gasteiger partial charge in [-0.05, 0) is 38.7 Å². The summed E-state index contributed by atoms with van der Waals surface area (Å²) in [6, 6.07) is 1.74. The topological polar surface area (TPSA) is 86.1 Å². The van der Waals surface area contributed by atoms with Gasteiger partial charge in [-0.1, -0.05) is 0 Å². The van der Waals surface area contributed by atoms with Gasteiger partial charge in [0.05, 0.1) is 18.6 Å². The van der Waals surface area contributed by atoms with Crippen molar-refractivity contribution in [2.75, 3.05) is 0 Å². The molecule has 0 bridgehead atoms. The van der Waals surface area contributed by atoms with Crippen LogP contribution in [0.3, 0.4) is 0 Å². The van der Waals surface area contributed by atoms with Crippen molar-refractivity contribution in [3.8, 4) is 0 Å². The highest BCUT2D eigenvalue weighted by Crippen LogP contribution is 2.22. The molecule has 106 valence electrons. The fourth-order valence-corrected chi connectivity index (χ4v) is 2.71. The molecule has 3 rings (SSSR count). The Morgan fingerprint density at radius 3 is 3.10 bits per heavy atom. The molecule has 0 fully saturated rings. The predicted octanol–water partition coefficient (Wildman–Crippen LogP) is 1.32. The second-order valence-electron chi connectivity index (χ2n) is 5.14. The van der Waals surface area contributed by atoms with Gasteiger partial charge in [0.15, 0.2) is 5.76 Å². The summed E-state index contributed by atoms with van der Waals surface area (Å²) in [6.45, 7) is 2.53. The van der Waals surface area contributed by atoms with E-state index in [1.54, 1.807) is 6.07 Å². The quantitative estimate of drug-likeness (QED) is 0.502. The molecule has 1 aliphatic carbocycles. The van der Waals surface area contributed by atoms with E-state index in [9.17, 15) is 4.79 Å². The first-order chi connectivity index (χ1) is 9.69. The summed E-state index contributed by atoms with van der Waals surface area (Å²) in [5.41, 5.74) is 5.57. The highest BCUT2D eigenvalue weighted by atomic mass is 16.4. The minimum Gasteiger partial charge on any atom is -0.456 e. The van der Waals surface area contributed by atoms with Crippen LogP contribution in [0.2, 0.25) is 0 Å². The maximum atomic E-state index is 11.5. The van der Waals surface area contributed by atoms with Gasteiger partial charge in [0.1, 0.15) is 5.76 Å². The molecule has 0 aliphatic heterocycles. The van der Waals surface area contributed by atoms with Gasteiger partial charge in [0.2, 0.25) is 0 Å². The molecule has 2 heterocycles. The second-order valence-corrected chi connectivity index (χ2v) is 5.14. The molecule has 6 heteroatoms. The van der Waals surface area contributed by atoms with Crippen molar-refractivity contribution in [3.05, 3.63) is 40.9 Å². The fourth-order valence-electron chi connectivity index (χ4n) is 2.71. The smallest absolute Gasteiger partial charge is 0.300 e. The Kier molecular flexibility index (Phi) is 3.31. The van der Waals surface area contributed by atoms with Crippen molar-refractivity contribution >= 4 is 5.91 Å². The standard InChI is InChI=1S/C14H18N4O2/c1-9-10(6-13(20-9)14(19)17-15)7-18-8-16-11-4-2-3-5-12(11)18/h6,8H,2-5,7,15H2,1H3,(H,17,19).